The van der Waals surface area contributed by atoms with E-state index >= 15 is 0 Å². The average molecular weight is 709 g/mol. The molecule has 0 bridgehead atoms. The van der Waals surface area contributed by atoms with Gasteiger partial charge < -0.3 is 10.6 Å². The Bertz CT molecular complexity index is 881. The maximum atomic E-state index is 11.3. The molecule has 10 nitrogen and oxygen atoms in total. The third-order valence-corrected chi connectivity index (χ3v) is 11.2. The summed E-state index contributed by atoms with van der Waals surface area (Å²) in [4.78, 5) is 69.1. The Morgan fingerprint density at radius 1 is 0.737 bits per heavy atom. The molecule has 0 aromatic carbocycles. The fourth-order valence-corrected chi connectivity index (χ4v) is 4.03. The molecule has 3 fully saturated rings. The second kappa shape index (κ2) is 19.8. The molecule has 0 aromatic heterocycles. The fourth-order valence-electron chi connectivity index (χ4n) is 2.29. The van der Waals surface area contributed by atoms with Crippen LogP contribution in [0, 0.1) is 0 Å². The van der Waals surface area contributed by atoms with Crippen molar-refractivity contribution in [2.45, 2.75) is 29.7 Å². The van der Waals surface area contributed by atoms with Crippen LogP contribution in [0.1, 0.15) is 20.3 Å². The van der Waals surface area contributed by atoms with Gasteiger partial charge in [0.1, 0.15) is 9.41 Å². The Labute approximate surface area is 257 Å². The number of imide groups is 2. The van der Waals surface area contributed by atoms with E-state index in [0.717, 1.165) is 23.9 Å². The van der Waals surface area contributed by atoms with Crippen LogP contribution in [0.2, 0.25) is 0 Å². The molecule has 0 atom stereocenters. The van der Waals surface area contributed by atoms with Gasteiger partial charge in [0.05, 0.1) is 5.08 Å². The van der Waals surface area contributed by atoms with Gasteiger partial charge in [-0.25, -0.2) is 0 Å². The number of amides is 6. The van der Waals surface area contributed by atoms with Crippen LogP contribution >= 0.6 is 78.9 Å². The molecule has 5 aliphatic heterocycles. The SMILES string of the molecule is C.C1SS1.O=C(CCN1C(=O)C=CC1=O)NC1SS1.O=C(CCN1C(=O)C=CC1=O)NC1SS1.S=PP=S. The van der Waals surface area contributed by atoms with Crippen molar-refractivity contribution >= 4 is 138 Å². The maximum absolute atomic E-state index is 11.3. The smallest absolute Gasteiger partial charge is 0.253 e. The molecule has 38 heavy (non-hydrogen) atoms. The van der Waals surface area contributed by atoms with Crippen LogP contribution in [0.15, 0.2) is 24.3 Å². The number of hydrogen-bond donors (Lipinski definition) is 2. The number of nitrogens with one attached hydrogen (secondary N) is 2. The zero-order valence-electron chi connectivity index (χ0n) is 18.5. The summed E-state index contributed by atoms with van der Waals surface area (Å²) < 4.78 is 0.307. The molecule has 0 saturated carbocycles. The van der Waals surface area contributed by atoms with Crippen molar-refractivity contribution < 1.29 is 28.8 Å². The van der Waals surface area contributed by atoms with Crippen molar-refractivity contribution in [3.8, 4) is 0 Å². The molecule has 0 aliphatic carbocycles. The van der Waals surface area contributed by atoms with Gasteiger partial charge >= 0.3 is 0 Å². The van der Waals surface area contributed by atoms with E-state index in [0.29, 0.717) is 0 Å². The van der Waals surface area contributed by atoms with Crippen molar-refractivity contribution in [3.63, 3.8) is 0 Å². The van der Waals surface area contributed by atoms with E-state index in [1.807, 2.05) is 21.6 Å². The molecule has 0 unspecified atom stereocenters. The van der Waals surface area contributed by atoms with Crippen LogP contribution in [0.5, 0.6) is 0 Å². The second-order valence-electron chi connectivity index (χ2n) is 6.52. The van der Waals surface area contributed by atoms with E-state index in [1.165, 1.54) is 29.4 Å². The lowest BCUT2D eigenvalue weighted by molar-refractivity contribution is -0.139. The summed E-state index contributed by atoms with van der Waals surface area (Å²) in [5.41, 5.74) is 0. The van der Waals surface area contributed by atoms with Crippen molar-refractivity contribution in [1.29, 1.82) is 0 Å². The number of hydrogen-bond acceptors (Lipinski definition) is 14. The van der Waals surface area contributed by atoms with Gasteiger partial charge in [0.15, 0.2) is 0 Å². The molecule has 2 N–H and O–H groups in total. The first-order valence-corrected chi connectivity index (χ1v) is 21.5. The van der Waals surface area contributed by atoms with Crippen LogP contribution < -0.4 is 10.6 Å². The standard InChI is InChI=1S/2C8H8N2O3S2.CH2S2.CH4.P2S2/c2*11-5(9-8-14-15-8)3-4-10-6(12)1-2-7(10)13;1-2-3-1;;3-1-2-4/h2*1-2,8H,3-4H2,(H,9,11);1H2;1H4;. The van der Waals surface area contributed by atoms with Crippen LogP contribution in [-0.2, 0) is 52.4 Å². The summed E-state index contributed by atoms with van der Waals surface area (Å²) in [6, 6.07) is 0. The first-order chi connectivity index (χ1) is 17.7. The van der Waals surface area contributed by atoms with E-state index in [9.17, 15) is 28.8 Å². The minimum atomic E-state index is -0.344. The van der Waals surface area contributed by atoms with Crippen molar-refractivity contribution in [3.05, 3.63) is 24.3 Å². The monoisotopic (exact) mass is 708 g/mol. The second-order valence-corrected chi connectivity index (χ2v) is 19.2. The van der Waals surface area contributed by atoms with Gasteiger partial charge in [-0.2, -0.15) is 0 Å². The third kappa shape index (κ3) is 16.2. The molecule has 5 aliphatic rings. The predicted molar refractivity (Wildman–Crippen MR) is 171 cm³/mol. The Balaban J connectivity index is 0.000000297. The molecule has 208 valence electrons. The molecular formula is C18H22N4O6P2S8. The predicted octanol–water partition coefficient (Wildman–Crippen LogP) is 3.89. The quantitative estimate of drug-likeness (QED) is 0.155. The molecule has 5 rings (SSSR count). The summed E-state index contributed by atoms with van der Waals surface area (Å²) >= 11 is 8.82. The Morgan fingerprint density at radius 2 is 1.03 bits per heavy atom. The van der Waals surface area contributed by atoms with Crippen LogP contribution in [0.3, 0.4) is 0 Å². The summed E-state index contributed by atoms with van der Waals surface area (Å²) in [5.74, 6) is -1.65. The van der Waals surface area contributed by atoms with E-state index < -0.39 is 0 Å². The van der Waals surface area contributed by atoms with Gasteiger partial charge in [-0.05, 0) is 23.6 Å². The summed E-state index contributed by atoms with van der Waals surface area (Å²) in [6.07, 6.45) is 5.19. The van der Waals surface area contributed by atoms with Crippen LogP contribution in [-0.4, -0.2) is 72.8 Å². The van der Waals surface area contributed by atoms with Crippen LogP contribution in [0.25, 0.3) is 0 Å². The van der Waals surface area contributed by atoms with Gasteiger partial charge in [0, 0.05) is 64.3 Å². The third-order valence-electron chi connectivity index (χ3n) is 4.02. The minimum absolute atomic E-state index is 0. The molecule has 6 amide bonds. The zero-order valence-corrected chi connectivity index (χ0v) is 26.8. The maximum Gasteiger partial charge on any atom is 0.253 e. The van der Waals surface area contributed by atoms with E-state index in [2.05, 4.69) is 34.2 Å². The Morgan fingerprint density at radius 3 is 1.24 bits per heavy atom. The summed E-state index contributed by atoms with van der Waals surface area (Å²) in [5, 5.41) is 6.78. The first kappa shape index (κ1) is 35.9. The highest BCUT2D eigenvalue weighted by Gasteiger charge is 2.29. The molecule has 5 heterocycles. The average Bonchev–Trinajstić information content (AvgIpc) is 3.73. The topological polar surface area (TPSA) is 133 Å². The molecule has 20 heteroatoms. The molecular weight excluding hydrogens is 687 g/mol. The molecule has 0 radical (unpaired) electrons. The highest BCUT2D eigenvalue weighted by molar-refractivity contribution is 8.93. The van der Waals surface area contributed by atoms with Gasteiger partial charge in [-0.3, -0.25) is 38.6 Å². The Kier molecular flexibility index (Phi) is 18.7. The summed E-state index contributed by atoms with van der Waals surface area (Å²) in [6.45, 7) is 0.303. The van der Waals surface area contributed by atoms with E-state index in [1.54, 1.807) is 43.2 Å². The normalized spacial score (nSPS) is 18.5. The number of rotatable bonds is 9. The molecule has 0 aromatic rings. The molecule has 0 spiro atoms. The lowest BCUT2D eigenvalue weighted by Gasteiger charge is -2.12. The minimum Gasteiger partial charge on any atom is -0.334 e. The summed E-state index contributed by atoms with van der Waals surface area (Å²) in [7, 11) is 11.9. The zero-order chi connectivity index (χ0) is 27.2. The number of nitrogens with zero attached hydrogens (tertiary/aromatic N) is 2. The van der Waals surface area contributed by atoms with Gasteiger partial charge in [0.2, 0.25) is 11.8 Å². The first-order valence-electron chi connectivity index (χ1n) is 9.94. The van der Waals surface area contributed by atoms with Gasteiger partial charge in [-0.1, -0.05) is 72.2 Å². The van der Waals surface area contributed by atoms with Gasteiger partial charge in [-0.15, -0.1) is 0 Å². The van der Waals surface area contributed by atoms with Gasteiger partial charge in [0.25, 0.3) is 23.6 Å². The van der Waals surface area contributed by atoms with E-state index in [-0.39, 0.29) is 78.2 Å². The number of carbonyl (C=O) groups is 6. The van der Waals surface area contributed by atoms with Crippen molar-refractivity contribution in [2.24, 2.45) is 0 Å². The fraction of sp³-hybridized carbons (Fsp3) is 0.444. The highest BCUT2D eigenvalue weighted by Crippen LogP contribution is 2.51. The van der Waals surface area contributed by atoms with Crippen molar-refractivity contribution in [1.82, 2.24) is 20.4 Å². The lowest BCUT2D eigenvalue weighted by atomic mass is 10.3. The van der Waals surface area contributed by atoms with E-state index in [4.69, 9.17) is 0 Å². The largest absolute Gasteiger partial charge is 0.334 e. The lowest BCUT2D eigenvalue weighted by Crippen LogP contribution is -2.34. The highest BCUT2D eigenvalue weighted by atomic mass is 33.2. The number of carbonyl (C=O) groups excluding carboxylic acids is 6. The molecule has 3 saturated heterocycles. The van der Waals surface area contributed by atoms with Crippen LogP contribution in [0.4, 0.5) is 0 Å². The van der Waals surface area contributed by atoms with Crippen molar-refractivity contribution in [2.75, 3.05) is 18.2 Å². The Hall–Kier alpha value is -0.160.